The molecule has 0 N–H and O–H groups in total. The zero-order chi connectivity index (χ0) is 13.2. The lowest BCUT2D eigenvalue weighted by molar-refractivity contribution is 0.495. The van der Waals surface area contributed by atoms with Gasteiger partial charge >= 0.3 is 5.76 Å². The predicted molar refractivity (Wildman–Crippen MR) is 77.3 cm³/mol. The third-order valence-corrected chi connectivity index (χ3v) is 3.97. The molecule has 0 unspecified atom stereocenters. The van der Waals surface area contributed by atoms with Crippen LogP contribution in [0.5, 0.6) is 0 Å². The van der Waals surface area contributed by atoms with Crippen LogP contribution >= 0.6 is 27.3 Å². The summed E-state index contributed by atoms with van der Waals surface area (Å²) >= 11 is 4.87. The molecule has 19 heavy (non-hydrogen) atoms. The lowest BCUT2D eigenvalue weighted by Gasteiger charge is -1.99. The molecule has 0 saturated heterocycles. The first kappa shape index (κ1) is 12.4. The second kappa shape index (κ2) is 5.14. The van der Waals surface area contributed by atoms with Gasteiger partial charge in [0.2, 0.25) is 0 Å². The summed E-state index contributed by atoms with van der Waals surface area (Å²) < 4.78 is 7.49. The molecule has 96 valence electrons. The Bertz CT molecular complexity index is 729. The van der Waals surface area contributed by atoms with Crippen molar-refractivity contribution in [3.63, 3.8) is 0 Å². The van der Waals surface area contributed by atoms with Crippen molar-refractivity contribution in [3.05, 3.63) is 62.4 Å². The summed E-state index contributed by atoms with van der Waals surface area (Å²) in [6, 6.07) is 11.5. The first-order valence-corrected chi connectivity index (χ1v) is 7.26. The second-order valence-corrected chi connectivity index (χ2v) is 5.80. The largest absolute Gasteiger partial charge is 0.437 e. The molecule has 3 aromatic rings. The fraction of sp³-hybridized carbons (Fsp3) is 0.0769. The van der Waals surface area contributed by atoms with Crippen LogP contribution in [0.3, 0.4) is 0 Å². The number of nitrogens with zero attached hydrogens (tertiary/aromatic N) is 2. The van der Waals surface area contributed by atoms with E-state index in [9.17, 15) is 4.79 Å². The summed E-state index contributed by atoms with van der Waals surface area (Å²) in [5.41, 5.74) is 0.997. The van der Waals surface area contributed by atoms with Gasteiger partial charge in [0.1, 0.15) is 0 Å². The highest BCUT2D eigenvalue weighted by molar-refractivity contribution is 9.10. The van der Waals surface area contributed by atoms with Gasteiger partial charge in [0.05, 0.1) is 11.4 Å². The summed E-state index contributed by atoms with van der Waals surface area (Å²) in [7, 11) is 0. The summed E-state index contributed by atoms with van der Waals surface area (Å²) in [4.78, 5) is 12.6. The van der Waals surface area contributed by atoms with Gasteiger partial charge in [-0.25, -0.2) is 4.79 Å². The molecule has 3 rings (SSSR count). The van der Waals surface area contributed by atoms with Crippen molar-refractivity contribution in [2.75, 3.05) is 0 Å². The number of benzene rings is 1. The van der Waals surface area contributed by atoms with E-state index in [1.807, 2.05) is 41.8 Å². The van der Waals surface area contributed by atoms with Gasteiger partial charge in [0.15, 0.2) is 0 Å². The van der Waals surface area contributed by atoms with Gasteiger partial charge in [0, 0.05) is 4.47 Å². The molecule has 0 aliphatic carbocycles. The van der Waals surface area contributed by atoms with Crippen molar-refractivity contribution in [1.82, 2.24) is 9.78 Å². The molecule has 2 aromatic heterocycles. The number of rotatable bonds is 3. The van der Waals surface area contributed by atoms with Crippen molar-refractivity contribution in [1.29, 1.82) is 0 Å². The lowest BCUT2D eigenvalue weighted by atomic mass is 10.2. The van der Waals surface area contributed by atoms with Gasteiger partial charge in [-0.2, -0.15) is 4.68 Å². The topological polar surface area (TPSA) is 48.0 Å². The highest BCUT2D eigenvalue weighted by Gasteiger charge is 2.11. The monoisotopic (exact) mass is 336 g/mol. The standard InChI is InChI=1S/C13H9BrN2O2S/c14-10-5-3-9(4-6-10)8-16-13(17)18-12(15-16)11-2-1-7-19-11/h1-7H,8H2. The van der Waals surface area contributed by atoms with Crippen LogP contribution in [0.15, 0.2) is 55.5 Å². The normalized spacial score (nSPS) is 10.8. The van der Waals surface area contributed by atoms with Crippen LogP contribution in [0.2, 0.25) is 0 Å². The molecule has 1 aromatic carbocycles. The van der Waals surface area contributed by atoms with E-state index >= 15 is 0 Å². The second-order valence-electron chi connectivity index (χ2n) is 3.93. The third kappa shape index (κ3) is 2.69. The molecule has 0 bridgehead atoms. The average Bonchev–Trinajstić information content (AvgIpc) is 3.03. The van der Waals surface area contributed by atoms with Crippen molar-refractivity contribution < 1.29 is 4.42 Å². The summed E-state index contributed by atoms with van der Waals surface area (Å²) in [6.45, 7) is 0.404. The van der Waals surface area contributed by atoms with Gasteiger partial charge in [-0.15, -0.1) is 16.4 Å². The minimum absolute atomic E-state index is 0.372. The van der Waals surface area contributed by atoms with Crippen LogP contribution in [0.1, 0.15) is 5.56 Å². The zero-order valence-corrected chi connectivity index (χ0v) is 12.1. The Morgan fingerprint density at radius 2 is 2.05 bits per heavy atom. The number of hydrogen-bond donors (Lipinski definition) is 0. The first-order chi connectivity index (χ1) is 9.22. The predicted octanol–water partition coefficient (Wildman–Crippen LogP) is 3.38. The maximum Gasteiger partial charge on any atom is 0.437 e. The Balaban J connectivity index is 1.90. The van der Waals surface area contributed by atoms with Crippen LogP contribution in [0, 0.1) is 0 Å². The van der Waals surface area contributed by atoms with E-state index in [0.717, 1.165) is 14.9 Å². The van der Waals surface area contributed by atoms with Crippen molar-refractivity contribution in [2.24, 2.45) is 0 Å². The minimum atomic E-state index is -0.439. The van der Waals surface area contributed by atoms with Crippen LogP contribution in [-0.2, 0) is 6.54 Å². The third-order valence-electron chi connectivity index (χ3n) is 2.58. The summed E-state index contributed by atoms with van der Waals surface area (Å²) in [6.07, 6.45) is 0. The molecule has 0 atom stereocenters. The molecular weight excluding hydrogens is 328 g/mol. The van der Waals surface area contributed by atoms with E-state index in [4.69, 9.17) is 4.42 Å². The molecule has 0 radical (unpaired) electrons. The van der Waals surface area contributed by atoms with E-state index < -0.39 is 5.76 Å². The van der Waals surface area contributed by atoms with E-state index in [0.29, 0.717) is 12.4 Å². The van der Waals surface area contributed by atoms with E-state index in [2.05, 4.69) is 21.0 Å². The molecule has 0 aliphatic heterocycles. The lowest BCUT2D eigenvalue weighted by Crippen LogP contribution is -2.16. The summed E-state index contributed by atoms with van der Waals surface area (Å²) in [5.74, 6) is -0.0663. The molecule has 2 heterocycles. The van der Waals surface area contributed by atoms with Gasteiger partial charge in [-0.05, 0) is 29.1 Å². The van der Waals surface area contributed by atoms with Gasteiger partial charge < -0.3 is 4.42 Å². The fourth-order valence-electron chi connectivity index (χ4n) is 1.67. The first-order valence-electron chi connectivity index (χ1n) is 5.58. The van der Waals surface area contributed by atoms with Crippen LogP contribution in [0.25, 0.3) is 10.8 Å². The SMILES string of the molecule is O=c1oc(-c2cccs2)nn1Cc1ccc(Br)cc1. The van der Waals surface area contributed by atoms with Crippen molar-refractivity contribution in [2.45, 2.75) is 6.54 Å². The highest BCUT2D eigenvalue weighted by atomic mass is 79.9. The molecule has 0 saturated carbocycles. The Labute approximate surface area is 121 Å². The molecule has 6 heteroatoms. The van der Waals surface area contributed by atoms with Gasteiger partial charge in [-0.3, -0.25) is 0 Å². The molecule has 0 fully saturated rings. The van der Waals surface area contributed by atoms with Crippen LogP contribution in [-0.4, -0.2) is 9.78 Å². The summed E-state index contributed by atoms with van der Waals surface area (Å²) in [5, 5.41) is 6.13. The van der Waals surface area contributed by atoms with Crippen molar-refractivity contribution in [3.8, 4) is 10.8 Å². The smallest absolute Gasteiger partial charge is 0.387 e. The van der Waals surface area contributed by atoms with Crippen molar-refractivity contribution >= 4 is 27.3 Å². The Morgan fingerprint density at radius 3 is 2.74 bits per heavy atom. The number of hydrogen-bond acceptors (Lipinski definition) is 4. The number of thiophene rings is 1. The van der Waals surface area contributed by atoms with Crippen LogP contribution in [0.4, 0.5) is 0 Å². The Hall–Kier alpha value is -1.66. The van der Waals surface area contributed by atoms with E-state index in [1.54, 1.807) is 0 Å². The van der Waals surface area contributed by atoms with E-state index in [-0.39, 0.29) is 0 Å². The zero-order valence-electron chi connectivity index (χ0n) is 9.75. The Morgan fingerprint density at radius 1 is 1.26 bits per heavy atom. The molecule has 0 spiro atoms. The number of halogens is 1. The molecule has 0 aliphatic rings. The highest BCUT2D eigenvalue weighted by Crippen LogP contribution is 2.21. The van der Waals surface area contributed by atoms with Gasteiger partial charge in [0.25, 0.3) is 5.89 Å². The Kier molecular flexibility index (Phi) is 3.35. The number of aromatic nitrogens is 2. The fourth-order valence-corrected chi connectivity index (χ4v) is 2.58. The minimum Gasteiger partial charge on any atom is -0.387 e. The van der Waals surface area contributed by atoms with Gasteiger partial charge in [-0.1, -0.05) is 34.1 Å². The molecule has 0 amide bonds. The van der Waals surface area contributed by atoms with Crippen LogP contribution < -0.4 is 5.76 Å². The molecular formula is C13H9BrN2O2S. The average molecular weight is 337 g/mol. The quantitative estimate of drug-likeness (QED) is 0.736. The van der Waals surface area contributed by atoms with E-state index in [1.165, 1.54) is 16.0 Å². The maximum atomic E-state index is 11.7. The molecule has 4 nitrogen and oxygen atoms in total. The maximum absolute atomic E-state index is 11.7.